The number of anilines is 1. The number of piperidine rings is 1. The summed E-state index contributed by atoms with van der Waals surface area (Å²) in [5, 5.41) is 6.72. The van der Waals surface area contributed by atoms with Crippen LogP contribution in [0.15, 0.2) is 48.8 Å². The Morgan fingerprint density at radius 3 is 2.86 bits per heavy atom. The summed E-state index contributed by atoms with van der Waals surface area (Å²) in [5.74, 6) is 0.331. The van der Waals surface area contributed by atoms with Gasteiger partial charge in [-0.1, -0.05) is 24.3 Å². The second kappa shape index (κ2) is 10.1. The van der Waals surface area contributed by atoms with Crippen molar-refractivity contribution in [1.82, 2.24) is 29.6 Å². The number of carbonyl (C=O) groups excluding carboxylic acids is 2. The maximum absolute atomic E-state index is 12.8. The lowest BCUT2D eigenvalue weighted by atomic mass is 10.0. The summed E-state index contributed by atoms with van der Waals surface area (Å²) < 4.78 is 1.89. The van der Waals surface area contributed by atoms with Gasteiger partial charge in [0.1, 0.15) is 17.8 Å². The molecule has 182 valence electrons. The van der Waals surface area contributed by atoms with Gasteiger partial charge in [-0.05, 0) is 38.0 Å². The van der Waals surface area contributed by atoms with Gasteiger partial charge in [-0.25, -0.2) is 14.6 Å². The molecule has 3 aromatic heterocycles. The number of nitrogens with zero attached hydrogens (tertiary/aromatic N) is 5. The number of hydrogen-bond donors (Lipinski definition) is 2. The predicted octanol–water partition coefficient (Wildman–Crippen LogP) is 2.82. The number of H-pyrrole nitrogens is 1. The molecule has 0 aliphatic carbocycles. The fraction of sp³-hybridized carbons (Fsp3) is 0.320. The highest BCUT2D eigenvalue weighted by molar-refractivity contribution is 6.00. The number of aromatic amines is 1. The molecule has 0 bridgehead atoms. The standard InChI is InChI=1S/C25H27N7O2.H2O/c1-2-6-18(33)10-11-21(34)31-12-5-8-17(14-31)32-25-22(24(26)27-15-28-25)23(30-32)20-13-16-7-3-4-9-19(16)29-20;/h2-4,6-7,9,13,15,17,29H,5,8,10-12,14H2,1H3,(H2,26,27,28);1H2/b6-2+;/t17-;/m1./s1. The summed E-state index contributed by atoms with van der Waals surface area (Å²) in [7, 11) is 0. The van der Waals surface area contributed by atoms with Crippen LogP contribution in [0.4, 0.5) is 5.82 Å². The quantitative estimate of drug-likeness (QED) is 0.409. The number of amides is 1. The molecule has 0 radical (unpaired) electrons. The van der Waals surface area contributed by atoms with Crippen LogP contribution in [0.2, 0.25) is 0 Å². The highest BCUT2D eigenvalue weighted by Crippen LogP contribution is 2.34. The number of allylic oxidation sites excluding steroid dienone is 2. The first-order chi connectivity index (χ1) is 16.5. The molecule has 4 heterocycles. The summed E-state index contributed by atoms with van der Waals surface area (Å²) >= 11 is 0. The zero-order valence-corrected chi connectivity index (χ0v) is 19.6. The maximum atomic E-state index is 12.8. The number of benzene rings is 1. The molecule has 35 heavy (non-hydrogen) atoms. The van der Waals surface area contributed by atoms with Gasteiger partial charge in [0, 0.05) is 36.8 Å². The van der Waals surface area contributed by atoms with E-state index in [-0.39, 0.29) is 36.1 Å². The van der Waals surface area contributed by atoms with Crippen molar-refractivity contribution in [2.45, 2.75) is 38.6 Å². The Hall–Kier alpha value is -4.05. The second-order valence-corrected chi connectivity index (χ2v) is 8.62. The average Bonchev–Trinajstić information content (AvgIpc) is 3.45. The smallest absolute Gasteiger partial charge is 0.223 e. The van der Waals surface area contributed by atoms with Crippen LogP contribution < -0.4 is 5.73 Å². The Labute approximate surface area is 202 Å². The molecular weight excluding hydrogens is 446 g/mol. The molecule has 0 unspecified atom stereocenters. The number of carbonyl (C=O) groups is 2. The molecule has 0 spiro atoms. The predicted molar refractivity (Wildman–Crippen MR) is 135 cm³/mol. The van der Waals surface area contributed by atoms with Crippen molar-refractivity contribution in [3.05, 3.63) is 48.8 Å². The van der Waals surface area contributed by atoms with Crippen LogP contribution in [0.3, 0.4) is 0 Å². The largest absolute Gasteiger partial charge is 0.412 e. The van der Waals surface area contributed by atoms with Crippen LogP contribution in [0.1, 0.15) is 38.6 Å². The van der Waals surface area contributed by atoms with Gasteiger partial charge in [-0.3, -0.25) is 9.59 Å². The molecule has 10 nitrogen and oxygen atoms in total. The minimum Gasteiger partial charge on any atom is -0.412 e. The topological polar surface area (TPSA) is 154 Å². The zero-order chi connectivity index (χ0) is 23.7. The first-order valence-corrected chi connectivity index (χ1v) is 11.5. The lowest BCUT2D eigenvalue weighted by molar-refractivity contribution is -0.134. The zero-order valence-electron chi connectivity index (χ0n) is 19.6. The fourth-order valence-corrected chi connectivity index (χ4v) is 4.68. The van der Waals surface area contributed by atoms with E-state index in [1.807, 2.05) is 39.9 Å². The van der Waals surface area contributed by atoms with Crippen molar-refractivity contribution in [2.75, 3.05) is 18.8 Å². The number of nitrogen functional groups attached to an aromatic ring is 1. The van der Waals surface area contributed by atoms with Crippen LogP contribution in [0, 0.1) is 0 Å². The van der Waals surface area contributed by atoms with Crippen molar-refractivity contribution >= 4 is 39.4 Å². The van der Waals surface area contributed by atoms with E-state index >= 15 is 0 Å². The van der Waals surface area contributed by atoms with Crippen molar-refractivity contribution < 1.29 is 15.1 Å². The molecule has 5 rings (SSSR count). The number of para-hydroxylation sites is 1. The average molecular weight is 476 g/mol. The van der Waals surface area contributed by atoms with E-state index < -0.39 is 0 Å². The van der Waals surface area contributed by atoms with Gasteiger partial charge in [-0.15, -0.1) is 0 Å². The number of aromatic nitrogens is 5. The van der Waals surface area contributed by atoms with Gasteiger partial charge < -0.3 is 21.1 Å². The molecule has 1 atom stereocenters. The molecule has 1 amide bonds. The van der Waals surface area contributed by atoms with E-state index in [9.17, 15) is 9.59 Å². The molecule has 0 saturated carbocycles. The summed E-state index contributed by atoms with van der Waals surface area (Å²) in [4.78, 5) is 38.6. The Morgan fingerprint density at radius 1 is 1.23 bits per heavy atom. The third-order valence-electron chi connectivity index (χ3n) is 6.34. The number of nitrogens with one attached hydrogen (secondary N) is 1. The summed E-state index contributed by atoms with van der Waals surface area (Å²) in [6.07, 6.45) is 6.82. The molecule has 1 aliphatic rings. The highest BCUT2D eigenvalue weighted by Gasteiger charge is 2.29. The summed E-state index contributed by atoms with van der Waals surface area (Å²) in [6.45, 7) is 2.99. The SMILES string of the molecule is C/C=C/C(=O)CCC(=O)N1CCC[C@@H](n2nc(-c3cc4ccccc4[nH]3)c3c(N)ncnc32)C1.O. The van der Waals surface area contributed by atoms with Crippen molar-refractivity contribution in [3.8, 4) is 11.4 Å². The fourth-order valence-electron chi connectivity index (χ4n) is 4.68. The van der Waals surface area contributed by atoms with Crippen molar-refractivity contribution in [2.24, 2.45) is 0 Å². The molecule has 1 aromatic carbocycles. The minimum absolute atomic E-state index is 0. The lowest BCUT2D eigenvalue weighted by Crippen LogP contribution is -2.41. The highest BCUT2D eigenvalue weighted by atomic mass is 16.2. The monoisotopic (exact) mass is 475 g/mol. The molecule has 1 saturated heterocycles. The van der Waals surface area contributed by atoms with Crippen molar-refractivity contribution in [1.29, 1.82) is 0 Å². The van der Waals surface area contributed by atoms with E-state index in [1.165, 1.54) is 12.4 Å². The van der Waals surface area contributed by atoms with E-state index in [4.69, 9.17) is 10.8 Å². The van der Waals surface area contributed by atoms with Gasteiger partial charge in [-0.2, -0.15) is 5.10 Å². The maximum Gasteiger partial charge on any atom is 0.223 e. The van der Waals surface area contributed by atoms with E-state index in [0.717, 1.165) is 29.4 Å². The number of likely N-dealkylation sites (tertiary alicyclic amines) is 1. The molecule has 1 fully saturated rings. The van der Waals surface area contributed by atoms with Crippen molar-refractivity contribution in [3.63, 3.8) is 0 Å². The third-order valence-corrected chi connectivity index (χ3v) is 6.34. The molecule has 10 heteroatoms. The van der Waals surface area contributed by atoms with E-state index in [0.29, 0.717) is 35.6 Å². The Morgan fingerprint density at radius 2 is 2.06 bits per heavy atom. The van der Waals surface area contributed by atoms with E-state index in [2.05, 4.69) is 15.0 Å². The number of rotatable bonds is 6. The minimum atomic E-state index is -0.0427. The van der Waals surface area contributed by atoms with Gasteiger partial charge in [0.15, 0.2) is 11.4 Å². The van der Waals surface area contributed by atoms with Gasteiger partial charge >= 0.3 is 0 Å². The Bertz CT molecular complexity index is 1370. The number of fused-ring (bicyclic) bond motifs is 2. The van der Waals surface area contributed by atoms with Gasteiger partial charge in [0.2, 0.25) is 5.91 Å². The van der Waals surface area contributed by atoms with Crippen LogP contribution in [0.5, 0.6) is 0 Å². The first-order valence-electron chi connectivity index (χ1n) is 11.5. The second-order valence-electron chi connectivity index (χ2n) is 8.62. The first kappa shape index (κ1) is 24.1. The number of nitrogens with two attached hydrogens (primary N) is 1. The van der Waals surface area contributed by atoms with E-state index in [1.54, 1.807) is 13.0 Å². The molecular formula is C25H29N7O3. The number of hydrogen-bond acceptors (Lipinski definition) is 6. The van der Waals surface area contributed by atoms with Crippen LogP contribution in [-0.4, -0.2) is 59.9 Å². The summed E-state index contributed by atoms with van der Waals surface area (Å²) in [5.41, 5.74) is 9.49. The van der Waals surface area contributed by atoms with Crippen LogP contribution >= 0.6 is 0 Å². The van der Waals surface area contributed by atoms with Crippen LogP contribution in [-0.2, 0) is 9.59 Å². The molecule has 4 aromatic rings. The third kappa shape index (κ3) is 4.65. The number of ketones is 1. The Kier molecular flexibility index (Phi) is 6.92. The normalized spacial score (nSPS) is 16.1. The van der Waals surface area contributed by atoms with Crippen LogP contribution in [0.25, 0.3) is 33.3 Å². The molecule has 1 aliphatic heterocycles. The Balaban J connectivity index is 0.00000289. The summed E-state index contributed by atoms with van der Waals surface area (Å²) in [6, 6.07) is 10.0. The molecule has 5 N–H and O–H groups in total. The van der Waals surface area contributed by atoms with Gasteiger partial charge in [0.25, 0.3) is 0 Å². The lowest BCUT2D eigenvalue weighted by Gasteiger charge is -2.33. The van der Waals surface area contributed by atoms with Gasteiger partial charge in [0.05, 0.1) is 17.1 Å².